The molecule has 1 aliphatic heterocycles. The van der Waals surface area contributed by atoms with Crippen molar-refractivity contribution in [1.29, 1.82) is 0 Å². The Bertz CT molecular complexity index is 381. The molecule has 0 aliphatic carbocycles. The molecule has 1 heterocycles. The van der Waals surface area contributed by atoms with Crippen molar-refractivity contribution in [1.82, 2.24) is 4.90 Å². The minimum atomic E-state index is -0.0531. The van der Waals surface area contributed by atoms with Gasteiger partial charge in [-0.1, -0.05) is 19.1 Å². The van der Waals surface area contributed by atoms with Crippen molar-refractivity contribution >= 4 is 0 Å². The molecule has 106 valence electrons. The fourth-order valence-corrected chi connectivity index (χ4v) is 2.37. The molecule has 1 aromatic carbocycles. The summed E-state index contributed by atoms with van der Waals surface area (Å²) < 4.78 is 10.4. The third-order valence-corrected chi connectivity index (χ3v) is 3.72. The lowest BCUT2D eigenvalue weighted by Gasteiger charge is -2.43. The molecule has 4 heteroatoms. The van der Waals surface area contributed by atoms with E-state index >= 15 is 0 Å². The van der Waals surface area contributed by atoms with Gasteiger partial charge in [-0.3, -0.25) is 4.90 Å². The first-order valence-corrected chi connectivity index (χ1v) is 6.75. The van der Waals surface area contributed by atoms with Gasteiger partial charge in [0, 0.05) is 13.1 Å². The van der Waals surface area contributed by atoms with Gasteiger partial charge < -0.3 is 14.6 Å². The fourth-order valence-electron chi connectivity index (χ4n) is 2.37. The van der Waals surface area contributed by atoms with Gasteiger partial charge in [0.1, 0.15) is 5.75 Å². The maximum Gasteiger partial charge on any atom is 0.118 e. The molecule has 0 radical (unpaired) electrons. The average molecular weight is 265 g/mol. The number of ether oxygens (including phenoxy) is 2. The third kappa shape index (κ3) is 3.47. The zero-order valence-electron chi connectivity index (χ0n) is 11.8. The summed E-state index contributed by atoms with van der Waals surface area (Å²) in [6, 6.07) is 8.14. The van der Waals surface area contributed by atoms with Crippen molar-refractivity contribution in [3.05, 3.63) is 29.8 Å². The number of aliphatic hydroxyl groups is 1. The third-order valence-electron chi connectivity index (χ3n) is 3.72. The van der Waals surface area contributed by atoms with Crippen molar-refractivity contribution in [3.63, 3.8) is 0 Å². The second-order valence-electron chi connectivity index (χ2n) is 5.30. The van der Waals surface area contributed by atoms with E-state index in [9.17, 15) is 5.11 Å². The van der Waals surface area contributed by atoms with Crippen LogP contribution in [0.25, 0.3) is 0 Å². The predicted octanol–water partition coefficient (Wildman–Crippen LogP) is 1.53. The van der Waals surface area contributed by atoms with Gasteiger partial charge in [0.05, 0.1) is 32.3 Å². The SMILES string of the molecule is CCN(Cc1ccc(OC)cc1)CC1(CO)COC1. The highest BCUT2D eigenvalue weighted by molar-refractivity contribution is 5.27. The van der Waals surface area contributed by atoms with Crippen LogP contribution in [0.15, 0.2) is 24.3 Å². The molecular weight excluding hydrogens is 242 g/mol. The number of aliphatic hydroxyl groups excluding tert-OH is 1. The molecule has 0 atom stereocenters. The monoisotopic (exact) mass is 265 g/mol. The van der Waals surface area contributed by atoms with E-state index in [1.807, 2.05) is 12.1 Å². The van der Waals surface area contributed by atoms with Gasteiger partial charge in [0.15, 0.2) is 0 Å². The van der Waals surface area contributed by atoms with E-state index < -0.39 is 0 Å². The van der Waals surface area contributed by atoms with E-state index in [2.05, 4.69) is 24.0 Å². The molecule has 1 fully saturated rings. The summed E-state index contributed by atoms with van der Waals surface area (Å²) in [7, 11) is 1.68. The lowest BCUT2D eigenvalue weighted by atomic mass is 9.86. The Morgan fingerprint density at radius 2 is 2.00 bits per heavy atom. The highest BCUT2D eigenvalue weighted by Gasteiger charge is 2.39. The highest BCUT2D eigenvalue weighted by atomic mass is 16.5. The second kappa shape index (κ2) is 6.37. The number of methoxy groups -OCH3 is 1. The van der Waals surface area contributed by atoms with Gasteiger partial charge >= 0.3 is 0 Å². The maximum absolute atomic E-state index is 9.49. The molecule has 0 unspecified atom stereocenters. The first-order chi connectivity index (χ1) is 9.21. The van der Waals surface area contributed by atoms with Crippen LogP contribution in [-0.4, -0.2) is 50.0 Å². The van der Waals surface area contributed by atoms with Crippen LogP contribution in [0, 0.1) is 5.41 Å². The van der Waals surface area contributed by atoms with Crippen LogP contribution in [0.3, 0.4) is 0 Å². The van der Waals surface area contributed by atoms with Crippen LogP contribution < -0.4 is 4.74 Å². The van der Waals surface area contributed by atoms with E-state index in [0.717, 1.165) is 25.4 Å². The van der Waals surface area contributed by atoms with Gasteiger partial charge in [0.2, 0.25) is 0 Å². The Hall–Kier alpha value is -1.10. The Balaban J connectivity index is 1.94. The Morgan fingerprint density at radius 3 is 2.42 bits per heavy atom. The minimum absolute atomic E-state index is 0.0531. The molecule has 1 aromatic rings. The molecule has 4 nitrogen and oxygen atoms in total. The summed E-state index contributed by atoms with van der Waals surface area (Å²) in [6.07, 6.45) is 0. The van der Waals surface area contributed by atoms with Crippen molar-refractivity contribution in [3.8, 4) is 5.75 Å². The summed E-state index contributed by atoms with van der Waals surface area (Å²) >= 11 is 0. The standard InChI is InChI=1S/C15H23NO3/c1-3-16(9-15(10-17)11-19-12-15)8-13-4-6-14(18-2)7-5-13/h4-7,17H,3,8-12H2,1-2H3. The Labute approximate surface area is 114 Å². The lowest BCUT2D eigenvalue weighted by Crippen LogP contribution is -2.53. The van der Waals surface area contributed by atoms with E-state index in [-0.39, 0.29) is 12.0 Å². The van der Waals surface area contributed by atoms with Crippen molar-refractivity contribution < 1.29 is 14.6 Å². The maximum atomic E-state index is 9.49. The van der Waals surface area contributed by atoms with Gasteiger partial charge in [-0.2, -0.15) is 0 Å². The quantitative estimate of drug-likeness (QED) is 0.812. The van der Waals surface area contributed by atoms with E-state index in [4.69, 9.17) is 9.47 Å². The molecule has 0 spiro atoms. The number of benzene rings is 1. The molecule has 0 bridgehead atoms. The van der Waals surface area contributed by atoms with Gasteiger partial charge in [-0.25, -0.2) is 0 Å². The molecular formula is C15H23NO3. The molecule has 2 rings (SSSR count). The van der Waals surface area contributed by atoms with Crippen LogP contribution in [0.5, 0.6) is 5.75 Å². The molecule has 0 saturated carbocycles. The summed E-state index contributed by atoms with van der Waals surface area (Å²) in [5.74, 6) is 0.881. The topological polar surface area (TPSA) is 41.9 Å². The van der Waals surface area contributed by atoms with Gasteiger partial charge in [-0.15, -0.1) is 0 Å². The first kappa shape index (κ1) is 14.3. The van der Waals surface area contributed by atoms with Crippen molar-refractivity contribution in [2.45, 2.75) is 13.5 Å². The van der Waals surface area contributed by atoms with Crippen LogP contribution >= 0.6 is 0 Å². The molecule has 0 aromatic heterocycles. The highest BCUT2D eigenvalue weighted by Crippen LogP contribution is 2.28. The van der Waals surface area contributed by atoms with Crippen LogP contribution in [-0.2, 0) is 11.3 Å². The van der Waals surface area contributed by atoms with Crippen molar-refractivity contribution in [2.24, 2.45) is 5.41 Å². The number of hydrogen-bond donors (Lipinski definition) is 1. The zero-order valence-corrected chi connectivity index (χ0v) is 11.8. The van der Waals surface area contributed by atoms with Crippen LogP contribution in [0.1, 0.15) is 12.5 Å². The van der Waals surface area contributed by atoms with E-state index in [1.54, 1.807) is 7.11 Å². The molecule has 1 aliphatic rings. The first-order valence-electron chi connectivity index (χ1n) is 6.75. The number of rotatable bonds is 7. The van der Waals surface area contributed by atoms with Crippen LogP contribution in [0.4, 0.5) is 0 Å². The Morgan fingerprint density at radius 1 is 1.32 bits per heavy atom. The minimum Gasteiger partial charge on any atom is -0.497 e. The normalized spacial score (nSPS) is 17.3. The number of hydrogen-bond acceptors (Lipinski definition) is 4. The zero-order chi connectivity index (χ0) is 13.7. The average Bonchev–Trinajstić information content (AvgIpc) is 2.42. The fraction of sp³-hybridized carbons (Fsp3) is 0.600. The lowest BCUT2D eigenvalue weighted by molar-refractivity contribution is -0.148. The van der Waals surface area contributed by atoms with Crippen molar-refractivity contribution in [2.75, 3.05) is 40.0 Å². The molecule has 1 saturated heterocycles. The summed E-state index contributed by atoms with van der Waals surface area (Å²) in [5, 5.41) is 9.49. The van der Waals surface area contributed by atoms with Gasteiger partial charge in [-0.05, 0) is 24.2 Å². The van der Waals surface area contributed by atoms with Gasteiger partial charge in [0.25, 0.3) is 0 Å². The molecule has 1 N–H and O–H groups in total. The summed E-state index contributed by atoms with van der Waals surface area (Å²) in [6.45, 7) is 6.42. The van der Waals surface area contributed by atoms with E-state index in [1.165, 1.54) is 5.56 Å². The smallest absolute Gasteiger partial charge is 0.118 e. The largest absolute Gasteiger partial charge is 0.497 e. The summed E-state index contributed by atoms with van der Waals surface area (Å²) in [4.78, 5) is 2.35. The molecule has 19 heavy (non-hydrogen) atoms. The summed E-state index contributed by atoms with van der Waals surface area (Å²) in [5.41, 5.74) is 1.21. The Kier molecular flexibility index (Phi) is 4.80. The van der Waals surface area contributed by atoms with Crippen LogP contribution in [0.2, 0.25) is 0 Å². The molecule has 0 amide bonds. The second-order valence-corrected chi connectivity index (χ2v) is 5.30. The number of nitrogens with zero attached hydrogens (tertiary/aromatic N) is 1. The predicted molar refractivity (Wildman–Crippen MR) is 74.3 cm³/mol. The van der Waals surface area contributed by atoms with E-state index in [0.29, 0.717) is 13.2 Å².